The number of nitrogens with zero attached hydrogens (tertiary/aromatic N) is 1. The highest BCUT2D eigenvalue weighted by atomic mass is 32.2. The second kappa shape index (κ2) is 8.01. The molecule has 0 unspecified atom stereocenters. The summed E-state index contributed by atoms with van der Waals surface area (Å²) in [6.07, 6.45) is 3.26. The van der Waals surface area contributed by atoms with E-state index in [1.54, 1.807) is 11.3 Å². The number of amides is 1. The molecule has 1 aliphatic carbocycles. The van der Waals surface area contributed by atoms with Gasteiger partial charge in [0, 0.05) is 11.4 Å². The number of carbonyl (C=O) groups excluding carboxylic acids is 2. The zero-order valence-electron chi connectivity index (χ0n) is 13.8. The van der Waals surface area contributed by atoms with Crippen molar-refractivity contribution in [2.45, 2.75) is 31.4 Å². The first-order valence-corrected chi connectivity index (χ1v) is 10.0. The number of H-pyrrole nitrogens is 1. The number of carbonyl (C=O) groups is 2. The van der Waals surface area contributed by atoms with Gasteiger partial charge in [-0.2, -0.15) is 0 Å². The van der Waals surface area contributed by atoms with Gasteiger partial charge in [-0.3, -0.25) is 14.4 Å². The molecule has 2 aromatic rings. The number of fused-ring (bicyclic) bond motifs is 3. The molecule has 0 atom stereocenters. The number of thioether (sulfide) groups is 1. The van der Waals surface area contributed by atoms with Gasteiger partial charge >= 0.3 is 5.97 Å². The Morgan fingerprint density at radius 3 is 3.04 bits per heavy atom. The Morgan fingerprint density at radius 2 is 2.24 bits per heavy atom. The van der Waals surface area contributed by atoms with Crippen LogP contribution in [0.2, 0.25) is 0 Å². The van der Waals surface area contributed by atoms with Crippen molar-refractivity contribution in [1.29, 1.82) is 0 Å². The molecule has 1 aliphatic rings. The fourth-order valence-electron chi connectivity index (χ4n) is 2.81. The molecule has 134 valence electrons. The predicted octanol–water partition coefficient (Wildman–Crippen LogP) is 1.39. The van der Waals surface area contributed by atoms with Gasteiger partial charge in [-0.15, -0.1) is 23.1 Å². The van der Waals surface area contributed by atoms with E-state index in [9.17, 15) is 14.4 Å². The second-order valence-corrected chi connectivity index (χ2v) is 7.79. The summed E-state index contributed by atoms with van der Waals surface area (Å²) in [5, 5.41) is 3.39. The Balaban J connectivity index is 1.53. The van der Waals surface area contributed by atoms with Crippen molar-refractivity contribution in [3.05, 3.63) is 26.6 Å². The molecule has 3 rings (SSSR count). The molecule has 0 aliphatic heterocycles. The number of aromatic amines is 1. The minimum Gasteiger partial charge on any atom is -0.469 e. The Kier molecular flexibility index (Phi) is 5.74. The summed E-state index contributed by atoms with van der Waals surface area (Å²) in [5.74, 6) is 0.769. The van der Waals surface area contributed by atoms with Crippen LogP contribution in [0.3, 0.4) is 0 Å². The average Bonchev–Trinajstić information content (AvgIpc) is 3.15. The Hall–Kier alpha value is -1.87. The molecular formula is C16H19N3O4S2. The fraction of sp³-hybridized carbons (Fsp3) is 0.500. The molecule has 2 heterocycles. The van der Waals surface area contributed by atoms with E-state index in [1.165, 1.54) is 23.7 Å². The van der Waals surface area contributed by atoms with Crippen LogP contribution < -0.4 is 10.9 Å². The van der Waals surface area contributed by atoms with Gasteiger partial charge in [0.05, 0.1) is 30.4 Å². The minimum absolute atomic E-state index is 0.0810. The molecule has 0 fully saturated rings. The van der Waals surface area contributed by atoms with E-state index in [0.717, 1.165) is 35.0 Å². The monoisotopic (exact) mass is 381 g/mol. The van der Waals surface area contributed by atoms with Crippen LogP contribution in [0, 0.1) is 0 Å². The number of nitrogens with one attached hydrogen (secondary N) is 2. The van der Waals surface area contributed by atoms with Gasteiger partial charge in [-0.25, -0.2) is 4.98 Å². The summed E-state index contributed by atoms with van der Waals surface area (Å²) in [6.45, 7) is 0.258. The lowest BCUT2D eigenvalue weighted by Gasteiger charge is -2.04. The van der Waals surface area contributed by atoms with Crippen molar-refractivity contribution in [1.82, 2.24) is 15.3 Å². The number of hydrogen-bond acceptors (Lipinski definition) is 7. The lowest BCUT2D eigenvalue weighted by molar-refractivity contribution is -0.140. The van der Waals surface area contributed by atoms with Crippen molar-refractivity contribution >= 4 is 45.2 Å². The molecule has 0 saturated heterocycles. The molecule has 0 bridgehead atoms. The Labute approximate surface area is 152 Å². The summed E-state index contributed by atoms with van der Waals surface area (Å²) in [4.78, 5) is 44.4. The first kappa shape index (κ1) is 17.9. The quantitative estimate of drug-likeness (QED) is 0.703. The van der Waals surface area contributed by atoms with Gasteiger partial charge in [0.1, 0.15) is 10.7 Å². The van der Waals surface area contributed by atoms with Crippen molar-refractivity contribution in [2.24, 2.45) is 0 Å². The molecule has 2 aromatic heterocycles. The normalized spacial score (nSPS) is 13.0. The number of thiophene rings is 1. The average molecular weight is 381 g/mol. The molecule has 7 nitrogen and oxygen atoms in total. The maximum absolute atomic E-state index is 12.3. The number of hydrogen-bond donors (Lipinski definition) is 2. The molecule has 9 heteroatoms. The van der Waals surface area contributed by atoms with Crippen molar-refractivity contribution < 1.29 is 14.3 Å². The zero-order chi connectivity index (χ0) is 17.8. The molecule has 25 heavy (non-hydrogen) atoms. The molecule has 1 amide bonds. The van der Waals surface area contributed by atoms with Crippen molar-refractivity contribution in [2.75, 3.05) is 19.4 Å². The van der Waals surface area contributed by atoms with E-state index in [-0.39, 0.29) is 36.2 Å². The first-order valence-electron chi connectivity index (χ1n) is 8.03. The second-order valence-electron chi connectivity index (χ2n) is 5.72. The number of ether oxygens (including phenoxy) is 1. The summed E-state index contributed by atoms with van der Waals surface area (Å²) in [6, 6.07) is 0. The van der Waals surface area contributed by atoms with E-state index in [2.05, 4.69) is 20.0 Å². The summed E-state index contributed by atoms with van der Waals surface area (Å²) in [5.41, 5.74) is 1.08. The lowest BCUT2D eigenvalue weighted by Crippen LogP contribution is -2.27. The standard InChI is InChI=1S/C16H19N3O4S2/c1-23-13(21)5-6-17-12(20)8-24-7-11-18-15(22)14-9-3-2-4-10(9)25-16(14)19-11/h2-8H2,1H3,(H,17,20)(H,18,19,22). The van der Waals surface area contributed by atoms with Crippen LogP contribution in [0.5, 0.6) is 0 Å². The highest BCUT2D eigenvalue weighted by Crippen LogP contribution is 2.34. The summed E-state index contributed by atoms with van der Waals surface area (Å²) < 4.78 is 4.50. The molecule has 0 aromatic carbocycles. The van der Waals surface area contributed by atoms with E-state index in [0.29, 0.717) is 11.6 Å². The maximum Gasteiger partial charge on any atom is 0.307 e. The number of esters is 1. The maximum atomic E-state index is 12.3. The predicted molar refractivity (Wildman–Crippen MR) is 98.1 cm³/mol. The minimum atomic E-state index is -0.356. The third kappa shape index (κ3) is 4.21. The van der Waals surface area contributed by atoms with E-state index >= 15 is 0 Å². The molecular weight excluding hydrogens is 362 g/mol. The van der Waals surface area contributed by atoms with E-state index in [4.69, 9.17) is 0 Å². The van der Waals surface area contributed by atoms with Crippen LogP contribution in [0.15, 0.2) is 4.79 Å². The number of rotatable bonds is 7. The largest absolute Gasteiger partial charge is 0.469 e. The van der Waals surface area contributed by atoms with Crippen LogP contribution in [-0.4, -0.2) is 41.3 Å². The highest BCUT2D eigenvalue weighted by Gasteiger charge is 2.21. The third-order valence-corrected chi connectivity index (χ3v) is 6.10. The fourth-order valence-corrected chi connectivity index (χ4v) is 4.81. The van der Waals surface area contributed by atoms with Gasteiger partial charge in [-0.1, -0.05) is 0 Å². The Morgan fingerprint density at radius 1 is 1.40 bits per heavy atom. The summed E-state index contributed by atoms with van der Waals surface area (Å²) in [7, 11) is 1.31. The van der Waals surface area contributed by atoms with Crippen LogP contribution in [0.25, 0.3) is 10.2 Å². The number of methoxy groups -OCH3 is 1. The van der Waals surface area contributed by atoms with Crippen LogP contribution in [0.1, 0.15) is 29.1 Å². The smallest absolute Gasteiger partial charge is 0.307 e. The van der Waals surface area contributed by atoms with E-state index in [1.807, 2.05) is 0 Å². The van der Waals surface area contributed by atoms with Crippen LogP contribution >= 0.6 is 23.1 Å². The van der Waals surface area contributed by atoms with Gasteiger partial charge in [0.25, 0.3) is 5.56 Å². The highest BCUT2D eigenvalue weighted by molar-refractivity contribution is 7.99. The topological polar surface area (TPSA) is 101 Å². The first-order chi connectivity index (χ1) is 12.1. The SMILES string of the molecule is COC(=O)CCNC(=O)CSCc1nc2sc3c(c2c(=O)[nH]1)CCC3. The van der Waals surface area contributed by atoms with Gasteiger partial charge < -0.3 is 15.0 Å². The van der Waals surface area contributed by atoms with Gasteiger partial charge in [0.2, 0.25) is 5.91 Å². The molecule has 0 radical (unpaired) electrons. The zero-order valence-corrected chi connectivity index (χ0v) is 15.5. The van der Waals surface area contributed by atoms with Gasteiger partial charge in [-0.05, 0) is 24.8 Å². The third-order valence-electron chi connectivity index (χ3n) is 3.98. The van der Waals surface area contributed by atoms with Gasteiger partial charge in [0.15, 0.2) is 0 Å². The number of aromatic nitrogens is 2. The number of aryl methyl sites for hydroxylation is 2. The van der Waals surface area contributed by atoms with Crippen molar-refractivity contribution in [3.63, 3.8) is 0 Å². The molecule has 0 saturated carbocycles. The lowest BCUT2D eigenvalue weighted by atomic mass is 10.2. The van der Waals surface area contributed by atoms with E-state index < -0.39 is 0 Å². The molecule has 2 N–H and O–H groups in total. The Bertz CT molecular complexity index is 859. The summed E-state index contributed by atoms with van der Waals surface area (Å²) >= 11 is 2.98. The molecule has 0 spiro atoms. The van der Waals surface area contributed by atoms with Crippen LogP contribution in [-0.2, 0) is 32.9 Å². The van der Waals surface area contributed by atoms with Crippen LogP contribution in [0.4, 0.5) is 0 Å². The van der Waals surface area contributed by atoms with Crippen molar-refractivity contribution in [3.8, 4) is 0 Å².